The van der Waals surface area contributed by atoms with Crippen LogP contribution in [0.4, 0.5) is 0 Å². The summed E-state index contributed by atoms with van der Waals surface area (Å²) in [6, 6.07) is 8.29. The van der Waals surface area contributed by atoms with Crippen LogP contribution in [0.25, 0.3) is 5.52 Å². The molecule has 0 spiro atoms. The maximum Gasteiger partial charge on any atom is 0.335 e. The molecule has 3 aromatic rings. The normalized spacial score (nSPS) is 10.9. The first-order valence-corrected chi connectivity index (χ1v) is 6.42. The highest BCUT2D eigenvalue weighted by molar-refractivity contribution is 5.87. The van der Waals surface area contributed by atoms with Crippen LogP contribution < -0.4 is 5.56 Å². The van der Waals surface area contributed by atoms with Crippen LogP contribution in [0.2, 0.25) is 0 Å². The van der Waals surface area contributed by atoms with Crippen molar-refractivity contribution in [1.82, 2.24) is 14.2 Å². The Morgan fingerprint density at radius 1 is 1.29 bits per heavy atom. The van der Waals surface area contributed by atoms with Crippen LogP contribution >= 0.6 is 0 Å². The minimum absolute atomic E-state index is 0.154. The van der Waals surface area contributed by atoms with Crippen molar-refractivity contribution in [3.05, 3.63) is 69.9 Å². The number of carboxylic acid groups (broad SMARTS) is 1. The Balaban J connectivity index is 2.02. The van der Waals surface area contributed by atoms with Crippen LogP contribution in [0, 0.1) is 6.92 Å². The number of rotatable bonds is 3. The molecule has 106 valence electrons. The van der Waals surface area contributed by atoms with Crippen molar-refractivity contribution in [2.45, 2.75) is 13.5 Å². The number of fused-ring (bicyclic) bond motifs is 1. The van der Waals surface area contributed by atoms with Crippen molar-refractivity contribution < 1.29 is 9.90 Å². The molecule has 3 rings (SSSR count). The smallest absolute Gasteiger partial charge is 0.335 e. The van der Waals surface area contributed by atoms with Crippen LogP contribution in [0.15, 0.2) is 47.5 Å². The van der Waals surface area contributed by atoms with Gasteiger partial charge in [-0.3, -0.25) is 4.79 Å². The van der Waals surface area contributed by atoms with Crippen LogP contribution in [0.5, 0.6) is 0 Å². The molecule has 6 heteroatoms. The molecule has 0 saturated heterocycles. The first-order chi connectivity index (χ1) is 10.0. The summed E-state index contributed by atoms with van der Waals surface area (Å²) in [4.78, 5) is 23.3. The van der Waals surface area contributed by atoms with Crippen molar-refractivity contribution in [2.75, 3.05) is 0 Å². The van der Waals surface area contributed by atoms with E-state index in [1.165, 1.54) is 10.6 Å². The van der Waals surface area contributed by atoms with Gasteiger partial charge in [-0.05, 0) is 30.7 Å². The first-order valence-electron chi connectivity index (χ1n) is 6.42. The third kappa shape index (κ3) is 2.43. The summed E-state index contributed by atoms with van der Waals surface area (Å²) >= 11 is 0. The summed E-state index contributed by atoms with van der Waals surface area (Å²) in [7, 11) is 0. The number of carbonyl (C=O) groups is 1. The van der Waals surface area contributed by atoms with Gasteiger partial charge in [-0.2, -0.15) is 5.10 Å². The number of hydrogen-bond acceptors (Lipinski definition) is 3. The van der Waals surface area contributed by atoms with Crippen molar-refractivity contribution in [1.29, 1.82) is 0 Å². The third-order valence-electron chi connectivity index (χ3n) is 3.25. The van der Waals surface area contributed by atoms with E-state index in [9.17, 15) is 9.59 Å². The number of hydrogen-bond donors (Lipinski definition) is 1. The lowest BCUT2D eigenvalue weighted by Crippen LogP contribution is -2.21. The molecule has 2 heterocycles. The van der Waals surface area contributed by atoms with Crippen LogP contribution in [0.3, 0.4) is 0 Å². The maximum absolute atomic E-state index is 12.4. The zero-order valence-corrected chi connectivity index (χ0v) is 11.4. The molecular weight excluding hydrogens is 270 g/mol. The van der Waals surface area contributed by atoms with E-state index >= 15 is 0 Å². The van der Waals surface area contributed by atoms with Gasteiger partial charge in [0.2, 0.25) is 0 Å². The SMILES string of the molecule is Cc1cc2c(=O)n(Cc3cccc(C(=O)O)c3)ccn2n1. The summed E-state index contributed by atoms with van der Waals surface area (Å²) in [5, 5.41) is 13.2. The Morgan fingerprint density at radius 3 is 2.86 bits per heavy atom. The van der Waals surface area contributed by atoms with E-state index in [0.717, 1.165) is 11.3 Å². The molecule has 0 bridgehead atoms. The fourth-order valence-electron chi connectivity index (χ4n) is 2.27. The fraction of sp³-hybridized carbons (Fsp3) is 0.133. The molecule has 0 saturated carbocycles. The molecule has 0 radical (unpaired) electrons. The van der Waals surface area contributed by atoms with E-state index in [2.05, 4.69) is 5.10 Å². The summed E-state index contributed by atoms with van der Waals surface area (Å²) in [5.41, 5.74) is 2.10. The van der Waals surface area contributed by atoms with Crippen molar-refractivity contribution in [3.63, 3.8) is 0 Å². The molecule has 1 aromatic carbocycles. The maximum atomic E-state index is 12.4. The standard InChI is InChI=1S/C15H13N3O3/c1-10-7-13-14(19)17(5-6-18(13)16-10)9-11-3-2-4-12(8-11)15(20)21/h2-8H,9H2,1H3,(H,20,21). The van der Waals surface area contributed by atoms with Gasteiger partial charge in [0.15, 0.2) is 0 Å². The van der Waals surface area contributed by atoms with Crippen molar-refractivity contribution >= 4 is 11.5 Å². The molecule has 0 aliphatic rings. The summed E-state index contributed by atoms with van der Waals surface area (Å²) in [6.07, 6.45) is 3.36. The number of aryl methyl sites for hydroxylation is 1. The van der Waals surface area contributed by atoms with E-state index < -0.39 is 5.97 Å². The second-order valence-electron chi connectivity index (χ2n) is 4.85. The molecule has 0 aliphatic carbocycles. The summed E-state index contributed by atoms with van der Waals surface area (Å²) in [5.74, 6) is -0.980. The minimum atomic E-state index is -0.980. The zero-order chi connectivity index (χ0) is 15.0. The lowest BCUT2D eigenvalue weighted by Gasteiger charge is -2.07. The highest BCUT2D eigenvalue weighted by atomic mass is 16.4. The third-order valence-corrected chi connectivity index (χ3v) is 3.25. The van der Waals surface area contributed by atoms with Gasteiger partial charge in [-0.15, -0.1) is 0 Å². The topological polar surface area (TPSA) is 76.6 Å². The molecule has 0 amide bonds. The van der Waals surface area contributed by atoms with Gasteiger partial charge in [0.25, 0.3) is 5.56 Å². The highest BCUT2D eigenvalue weighted by Crippen LogP contribution is 2.07. The molecular formula is C15H13N3O3. The van der Waals surface area contributed by atoms with E-state index in [0.29, 0.717) is 12.1 Å². The Morgan fingerprint density at radius 2 is 2.10 bits per heavy atom. The first kappa shape index (κ1) is 13.1. The Bertz CT molecular complexity index is 893. The van der Waals surface area contributed by atoms with E-state index in [-0.39, 0.29) is 11.1 Å². The van der Waals surface area contributed by atoms with Gasteiger partial charge in [-0.25, -0.2) is 9.31 Å². The number of nitrogens with zero attached hydrogens (tertiary/aromatic N) is 3. The van der Waals surface area contributed by atoms with Crippen molar-refractivity contribution in [2.24, 2.45) is 0 Å². The number of aromatic carboxylic acids is 1. The zero-order valence-electron chi connectivity index (χ0n) is 11.4. The summed E-state index contributed by atoms with van der Waals surface area (Å²) in [6.45, 7) is 2.15. The van der Waals surface area contributed by atoms with Crippen LogP contribution in [0.1, 0.15) is 21.6 Å². The lowest BCUT2D eigenvalue weighted by molar-refractivity contribution is 0.0696. The average Bonchev–Trinajstić information content (AvgIpc) is 2.84. The predicted molar refractivity (Wildman–Crippen MR) is 76.7 cm³/mol. The second-order valence-corrected chi connectivity index (χ2v) is 4.85. The number of aromatic nitrogens is 3. The highest BCUT2D eigenvalue weighted by Gasteiger charge is 2.07. The van der Waals surface area contributed by atoms with Crippen LogP contribution in [-0.4, -0.2) is 25.3 Å². The molecule has 0 aliphatic heterocycles. The monoisotopic (exact) mass is 283 g/mol. The number of carboxylic acids is 1. The molecule has 0 unspecified atom stereocenters. The predicted octanol–water partition coefficient (Wildman–Crippen LogP) is 1.55. The van der Waals surface area contributed by atoms with E-state index in [4.69, 9.17) is 5.11 Å². The molecule has 21 heavy (non-hydrogen) atoms. The van der Waals surface area contributed by atoms with Gasteiger partial charge >= 0.3 is 5.97 Å². The van der Waals surface area contributed by atoms with Crippen molar-refractivity contribution in [3.8, 4) is 0 Å². The largest absolute Gasteiger partial charge is 0.478 e. The summed E-state index contributed by atoms with van der Waals surface area (Å²) < 4.78 is 3.08. The average molecular weight is 283 g/mol. The van der Waals surface area contributed by atoms with Gasteiger partial charge in [0, 0.05) is 12.4 Å². The minimum Gasteiger partial charge on any atom is -0.478 e. The Labute approximate surface area is 119 Å². The Kier molecular flexibility index (Phi) is 3.06. The fourth-order valence-corrected chi connectivity index (χ4v) is 2.27. The van der Waals surface area contributed by atoms with Gasteiger partial charge in [-0.1, -0.05) is 12.1 Å². The van der Waals surface area contributed by atoms with Gasteiger partial charge < -0.3 is 9.67 Å². The Hall–Kier alpha value is -2.89. The van der Waals surface area contributed by atoms with Gasteiger partial charge in [0.1, 0.15) is 5.52 Å². The van der Waals surface area contributed by atoms with Crippen LogP contribution in [-0.2, 0) is 6.54 Å². The molecule has 1 N–H and O–H groups in total. The molecule has 0 fully saturated rings. The molecule has 6 nitrogen and oxygen atoms in total. The number of benzene rings is 1. The second kappa shape index (κ2) is 4.90. The lowest BCUT2D eigenvalue weighted by atomic mass is 10.1. The quantitative estimate of drug-likeness (QED) is 0.791. The molecule has 0 atom stereocenters. The van der Waals surface area contributed by atoms with E-state index in [1.54, 1.807) is 41.2 Å². The molecule has 2 aromatic heterocycles. The van der Waals surface area contributed by atoms with E-state index in [1.807, 2.05) is 6.92 Å². The van der Waals surface area contributed by atoms with Gasteiger partial charge in [0.05, 0.1) is 17.8 Å².